The van der Waals surface area contributed by atoms with Crippen molar-refractivity contribution in [1.82, 2.24) is 4.57 Å². The molecule has 0 saturated carbocycles. The zero-order chi connectivity index (χ0) is 12.5. The molecule has 0 fully saturated rings. The van der Waals surface area contributed by atoms with E-state index in [-0.39, 0.29) is 0 Å². The van der Waals surface area contributed by atoms with Crippen molar-refractivity contribution in [1.29, 1.82) is 0 Å². The zero-order valence-electron chi connectivity index (χ0n) is 11.1. The van der Waals surface area contributed by atoms with E-state index in [1.807, 2.05) is 0 Å². The lowest BCUT2D eigenvalue weighted by Gasteiger charge is -2.39. The average molecular weight is 251 g/mol. The van der Waals surface area contributed by atoms with Gasteiger partial charge in [0.15, 0.2) is 0 Å². The molecule has 0 amide bonds. The van der Waals surface area contributed by atoms with E-state index in [0.717, 1.165) is 5.54 Å². The van der Waals surface area contributed by atoms with Gasteiger partial charge >= 0.3 is 0 Å². The van der Waals surface area contributed by atoms with E-state index < -0.39 is 8.07 Å². The summed E-state index contributed by atoms with van der Waals surface area (Å²) < 4.78 is 2.29. The third kappa shape index (κ3) is 1.03. The van der Waals surface area contributed by atoms with E-state index in [1.165, 1.54) is 11.3 Å². The van der Waals surface area contributed by atoms with Gasteiger partial charge in [-0.1, -0.05) is 42.1 Å². The van der Waals surface area contributed by atoms with E-state index >= 15 is 0 Å². The fourth-order valence-corrected chi connectivity index (χ4v) is 8.46. The highest BCUT2D eigenvalue weighted by Gasteiger charge is 2.55. The van der Waals surface area contributed by atoms with Crippen molar-refractivity contribution in [2.75, 3.05) is 0 Å². The molecule has 2 aliphatic heterocycles. The summed E-state index contributed by atoms with van der Waals surface area (Å²) in [6.07, 6.45) is 4.69. The number of hydrogen-bond acceptors (Lipinski definition) is 0. The summed E-state index contributed by atoms with van der Waals surface area (Å²) in [7, 11) is -1.12. The summed E-state index contributed by atoms with van der Waals surface area (Å²) in [5.74, 6) is 0. The highest BCUT2D eigenvalue weighted by Crippen LogP contribution is 2.61. The second-order valence-electron chi connectivity index (χ2n) is 6.08. The second kappa shape index (κ2) is 3.07. The first-order valence-electron chi connectivity index (χ1n) is 6.59. The van der Waals surface area contributed by atoms with Crippen LogP contribution in [-0.4, -0.2) is 12.6 Å². The first-order valence-corrected chi connectivity index (χ1v) is 9.67. The van der Waals surface area contributed by atoms with Crippen LogP contribution in [0.4, 0.5) is 0 Å². The SMILES string of the molecule is CC1=C2c3cn(-c4ccccc4)cc3C1[Si]2(C)C. The first-order chi connectivity index (χ1) is 8.60. The van der Waals surface area contributed by atoms with Crippen LogP contribution in [-0.2, 0) is 0 Å². The molecule has 1 nitrogen and oxygen atoms in total. The van der Waals surface area contributed by atoms with Gasteiger partial charge in [-0.3, -0.25) is 0 Å². The molecule has 3 heterocycles. The number of allylic oxidation sites excluding steroid dienone is 1. The number of aromatic nitrogens is 1. The molecule has 2 bridgehead atoms. The topological polar surface area (TPSA) is 4.93 Å². The predicted molar refractivity (Wildman–Crippen MR) is 78.6 cm³/mol. The Balaban J connectivity index is 1.85. The lowest BCUT2D eigenvalue weighted by molar-refractivity contribution is 1.01. The minimum absolute atomic E-state index is 0.785. The average Bonchev–Trinajstić information content (AvgIpc) is 2.91. The number of nitrogens with zero attached hydrogens (tertiary/aromatic N) is 1. The monoisotopic (exact) mass is 251 g/mol. The van der Waals surface area contributed by atoms with Gasteiger partial charge in [-0.2, -0.15) is 0 Å². The van der Waals surface area contributed by atoms with Gasteiger partial charge in [0, 0.05) is 23.6 Å². The van der Waals surface area contributed by atoms with Crippen molar-refractivity contribution in [3.63, 3.8) is 0 Å². The summed E-state index contributed by atoms with van der Waals surface area (Å²) in [5.41, 5.74) is 6.83. The Morgan fingerprint density at radius 2 is 1.78 bits per heavy atom. The molecule has 18 heavy (non-hydrogen) atoms. The van der Waals surface area contributed by atoms with Crippen molar-refractivity contribution < 1.29 is 0 Å². The van der Waals surface area contributed by atoms with Gasteiger partial charge in [0.25, 0.3) is 0 Å². The third-order valence-electron chi connectivity index (χ3n) is 4.69. The van der Waals surface area contributed by atoms with Crippen molar-refractivity contribution >= 4 is 13.3 Å². The van der Waals surface area contributed by atoms with Crippen molar-refractivity contribution in [2.45, 2.75) is 25.6 Å². The van der Waals surface area contributed by atoms with Crippen LogP contribution < -0.4 is 0 Å². The standard InChI is InChI=1S/C16H17NSi/c1-11-15-13-9-17(12-7-5-4-6-8-12)10-14(13)16(11)18(15,2)3/h4-10,15H,1-3H3. The number of hydrogen-bond donors (Lipinski definition) is 0. The smallest absolute Gasteiger partial charge is 0.0931 e. The van der Waals surface area contributed by atoms with E-state index in [9.17, 15) is 0 Å². The molecule has 1 unspecified atom stereocenters. The number of para-hydroxylation sites is 1. The molecule has 0 N–H and O–H groups in total. The minimum Gasteiger partial charge on any atom is -0.323 e. The molecule has 2 aromatic rings. The zero-order valence-corrected chi connectivity index (χ0v) is 12.1. The van der Waals surface area contributed by atoms with Crippen LogP contribution in [0.5, 0.6) is 0 Å². The van der Waals surface area contributed by atoms with E-state index in [2.05, 4.69) is 67.3 Å². The molecular weight excluding hydrogens is 234 g/mol. The molecular formula is C16H17NSi. The molecule has 90 valence electrons. The molecule has 0 radical (unpaired) electrons. The summed E-state index contributed by atoms with van der Waals surface area (Å²) in [5, 5.41) is 1.72. The van der Waals surface area contributed by atoms with E-state index in [4.69, 9.17) is 0 Å². The van der Waals surface area contributed by atoms with Gasteiger partial charge in [0.1, 0.15) is 0 Å². The van der Waals surface area contributed by atoms with Gasteiger partial charge in [-0.15, -0.1) is 0 Å². The van der Waals surface area contributed by atoms with Crippen LogP contribution >= 0.6 is 0 Å². The molecule has 1 aromatic heterocycles. The largest absolute Gasteiger partial charge is 0.323 e. The van der Waals surface area contributed by atoms with Crippen LogP contribution in [0, 0.1) is 0 Å². The maximum Gasteiger partial charge on any atom is 0.0931 e. The van der Waals surface area contributed by atoms with E-state index in [1.54, 1.807) is 16.3 Å². The molecule has 2 heteroatoms. The summed E-state index contributed by atoms with van der Waals surface area (Å²) in [6, 6.07) is 10.6. The van der Waals surface area contributed by atoms with Crippen LogP contribution in [0.3, 0.4) is 0 Å². The highest BCUT2D eigenvalue weighted by molar-refractivity contribution is 7.01. The van der Waals surface area contributed by atoms with Crippen LogP contribution in [0.1, 0.15) is 23.6 Å². The van der Waals surface area contributed by atoms with Gasteiger partial charge in [-0.25, -0.2) is 0 Å². The lowest BCUT2D eigenvalue weighted by Crippen LogP contribution is -2.41. The summed E-state index contributed by atoms with van der Waals surface area (Å²) in [6.45, 7) is 7.34. The predicted octanol–water partition coefficient (Wildman–Crippen LogP) is 4.15. The summed E-state index contributed by atoms with van der Waals surface area (Å²) >= 11 is 0. The van der Waals surface area contributed by atoms with Gasteiger partial charge < -0.3 is 4.57 Å². The Hall–Kier alpha value is -1.54. The van der Waals surface area contributed by atoms with Crippen LogP contribution in [0.25, 0.3) is 10.9 Å². The van der Waals surface area contributed by atoms with Crippen molar-refractivity contribution in [3.05, 3.63) is 59.4 Å². The number of rotatable bonds is 1. The van der Waals surface area contributed by atoms with Crippen LogP contribution in [0.2, 0.25) is 13.1 Å². The first kappa shape index (κ1) is 10.4. The third-order valence-corrected chi connectivity index (χ3v) is 8.83. The van der Waals surface area contributed by atoms with Gasteiger partial charge in [-0.05, 0) is 30.2 Å². The quantitative estimate of drug-likeness (QED) is 0.671. The van der Waals surface area contributed by atoms with Crippen LogP contribution in [0.15, 0.2) is 48.3 Å². The minimum atomic E-state index is -1.12. The van der Waals surface area contributed by atoms with Crippen molar-refractivity contribution in [3.8, 4) is 5.69 Å². The van der Waals surface area contributed by atoms with Gasteiger partial charge in [0.2, 0.25) is 0 Å². The Morgan fingerprint density at radius 1 is 1.06 bits per heavy atom. The molecule has 1 aliphatic carbocycles. The lowest BCUT2D eigenvalue weighted by atomic mass is 10.2. The van der Waals surface area contributed by atoms with Crippen molar-refractivity contribution in [2.24, 2.45) is 0 Å². The molecule has 1 aromatic carbocycles. The fourth-order valence-electron chi connectivity index (χ4n) is 4.10. The molecule has 1 atom stereocenters. The van der Waals surface area contributed by atoms with E-state index in [0.29, 0.717) is 0 Å². The Labute approximate surface area is 109 Å². The molecule has 0 saturated heterocycles. The summed E-state index contributed by atoms with van der Waals surface area (Å²) in [4.78, 5) is 0. The second-order valence-corrected chi connectivity index (χ2v) is 10.6. The Bertz CT molecular complexity index is 676. The highest BCUT2D eigenvalue weighted by atomic mass is 28.3. The molecule has 3 aliphatic rings. The van der Waals surface area contributed by atoms with Gasteiger partial charge in [0.05, 0.1) is 8.07 Å². The fraction of sp³-hybridized carbons (Fsp3) is 0.250. The number of benzene rings is 1. The maximum atomic E-state index is 2.51. The Morgan fingerprint density at radius 3 is 2.39 bits per heavy atom. The Kier molecular flexibility index (Phi) is 1.77. The normalized spacial score (nSPS) is 22.9. The maximum absolute atomic E-state index is 2.51. The molecule has 5 rings (SSSR count). The molecule has 0 spiro atoms.